The van der Waals surface area contributed by atoms with E-state index in [0.717, 1.165) is 12.8 Å². The van der Waals surface area contributed by atoms with E-state index in [1.165, 1.54) is 44.9 Å². The predicted octanol–water partition coefficient (Wildman–Crippen LogP) is 5.09. The standard InChI is InChI=1S/C33H65NO11/c1-5-6-7-8-9-10-11-12-13-14-31(35)44-30-29-43-28-27-42-26-25-41-24-23-40-22-21-39-20-19-38-18-17-37-16-15-34-32(36)45-33(2,3)4/h5-30H2,1-4H3,(H,34,36). The van der Waals surface area contributed by atoms with Gasteiger partial charge in [0.15, 0.2) is 0 Å². The molecule has 0 saturated heterocycles. The number of carbonyl (C=O) groups excluding carboxylic acids is 2. The fourth-order valence-corrected chi connectivity index (χ4v) is 3.83. The lowest BCUT2D eigenvalue weighted by Crippen LogP contribution is -2.34. The van der Waals surface area contributed by atoms with Gasteiger partial charge in [-0.3, -0.25) is 4.79 Å². The zero-order chi connectivity index (χ0) is 33.1. The molecule has 0 aliphatic carbocycles. The fraction of sp³-hybridized carbons (Fsp3) is 0.939. The molecule has 0 aliphatic rings. The molecule has 268 valence electrons. The maximum absolute atomic E-state index is 11.8. The van der Waals surface area contributed by atoms with Crippen LogP contribution in [0.5, 0.6) is 0 Å². The average Bonchev–Trinajstić information content (AvgIpc) is 2.99. The van der Waals surface area contributed by atoms with E-state index < -0.39 is 11.7 Å². The van der Waals surface area contributed by atoms with Crippen molar-refractivity contribution in [2.24, 2.45) is 0 Å². The van der Waals surface area contributed by atoms with E-state index in [0.29, 0.717) is 105 Å². The molecule has 1 amide bonds. The van der Waals surface area contributed by atoms with Crippen LogP contribution >= 0.6 is 0 Å². The molecule has 0 fully saturated rings. The van der Waals surface area contributed by atoms with Gasteiger partial charge in [-0.25, -0.2) is 4.79 Å². The van der Waals surface area contributed by atoms with E-state index in [1.54, 1.807) is 0 Å². The van der Waals surface area contributed by atoms with Gasteiger partial charge in [-0.1, -0.05) is 58.3 Å². The molecule has 0 aromatic heterocycles. The number of esters is 1. The molecule has 0 saturated carbocycles. The summed E-state index contributed by atoms with van der Waals surface area (Å²) in [6.07, 6.45) is 11.1. The number of hydrogen-bond acceptors (Lipinski definition) is 11. The van der Waals surface area contributed by atoms with Crippen LogP contribution < -0.4 is 5.32 Å². The number of unbranched alkanes of at least 4 members (excludes halogenated alkanes) is 8. The van der Waals surface area contributed by atoms with Gasteiger partial charge < -0.3 is 47.9 Å². The number of alkyl carbamates (subject to hydrolysis) is 1. The van der Waals surface area contributed by atoms with Gasteiger partial charge in [0.05, 0.1) is 92.5 Å². The van der Waals surface area contributed by atoms with Gasteiger partial charge in [0.1, 0.15) is 12.2 Å². The number of hydrogen-bond donors (Lipinski definition) is 1. The lowest BCUT2D eigenvalue weighted by molar-refractivity contribution is -0.145. The third kappa shape index (κ3) is 38.6. The van der Waals surface area contributed by atoms with Crippen LogP contribution in [0.1, 0.15) is 91.9 Å². The Kier molecular flexibility index (Phi) is 32.7. The second-order valence-electron chi connectivity index (χ2n) is 11.5. The molecule has 0 unspecified atom stereocenters. The number of amides is 1. The summed E-state index contributed by atoms with van der Waals surface area (Å²) in [5, 5.41) is 2.63. The lowest BCUT2D eigenvalue weighted by atomic mass is 10.1. The van der Waals surface area contributed by atoms with Gasteiger partial charge in [0, 0.05) is 13.0 Å². The van der Waals surface area contributed by atoms with Gasteiger partial charge in [-0.2, -0.15) is 0 Å². The monoisotopic (exact) mass is 651 g/mol. The fourth-order valence-electron chi connectivity index (χ4n) is 3.83. The molecular weight excluding hydrogens is 586 g/mol. The largest absolute Gasteiger partial charge is 0.463 e. The molecular formula is C33H65NO11. The Labute approximate surface area is 272 Å². The van der Waals surface area contributed by atoms with E-state index in [9.17, 15) is 9.59 Å². The van der Waals surface area contributed by atoms with Crippen molar-refractivity contribution in [3.8, 4) is 0 Å². The van der Waals surface area contributed by atoms with Crippen molar-refractivity contribution in [2.75, 3.05) is 106 Å². The normalized spacial score (nSPS) is 11.6. The Morgan fingerprint density at radius 2 is 0.844 bits per heavy atom. The van der Waals surface area contributed by atoms with Gasteiger partial charge in [-0.15, -0.1) is 0 Å². The summed E-state index contributed by atoms with van der Waals surface area (Å²) in [4.78, 5) is 23.2. The van der Waals surface area contributed by atoms with Crippen molar-refractivity contribution in [3.63, 3.8) is 0 Å². The van der Waals surface area contributed by atoms with Gasteiger partial charge in [-0.05, 0) is 27.2 Å². The summed E-state index contributed by atoms with van der Waals surface area (Å²) in [6.45, 7) is 14.8. The van der Waals surface area contributed by atoms with E-state index in [4.69, 9.17) is 42.6 Å². The van der Waals surface area contributed by atoms with Crippen LogP contribution in [0.3, 0.4) is 0 Å². The molecule has 0 radical (unpaired) electrons. The molecule has 12 nitrogen and oxygen atoms in total. The van der Waals surface area contributed by atoms with Crippen LogP contribution in [0.25, 0.3) is 0 Å². The molecule has 0 bridgehead atoms. The molecule has 0 heterocycles. The first-order chi connectivity index (χ1) is 21.8. The zero-order valence-corrected chi connectivity index (χ0v) is 28.9. The molecule has 12 heteroatoms. The minimum atomic E-state index is -0.511. The van der Waals surface area contributed by atoms with E-state index >= 15 is 0 Å². The van der Waals surface area contributed by atoms with Crippen molar-refractivity contribution >= 4 is 12.1 Å². The highest BCUT2D eigenvalue weighted by atomic mass is 16.6. The molecule has 45 heavy (non-hydrogen) atoms. The second-order valence-corrected chi connectivity index (χ2v) is 11.5. The summed E-state index contributed by atoms with van der Waals surface area (Å²) in [5.74, 6) is -0.140. The van der Waals surface area contributed by atoms with E-state index in [-0.39, 0.29) is 12.6 Å². The number of ether oxygens (including phenoxy) is 9. The lowest BCUT2D eigenvalue weighted by Gasteiger charge is -2.19. The molecule has 0 rings (SSSR count). The minimum Gasteiger partial charge on any atom is -0.463 e. The molecule has 0 aromatic rings. The highest BCUT2D eigenvalue weighted by Crippen LogP contribution is 2.11. The summed E-state index contributed by atoms with van der Waals surface area (Å²) in [5.41, 5.74) is -0.511. The van der Waals surface area contributed by atoms with Gasteiger partial charge >= 0.3 is 12.1 Å². The third-order valence-electron chi connectivity index (χ3n) is 6.12. The SMILES string of the molecule is CCCCCCCCCCCC(=O)OCCOCCOCCOCCOCCOCCOCCOCCNC(=O)OC(C)(C)C. The van der Waals surface area contributed by atoms with Crippen molar-refractivity contribution in [1.82, 2.24) is 5.32 Å². The summed E-state index contributed by atoms with van der Waals surface area (Å²) >= 11 is 0. The Bertz CT molecular complexity index is 647. The molecule has 0 aliphatic heterocycles. The molecule has 1 N–H and O–H groups in total. The maximum Gasteiger partial charge on any atom is 0.407 e. The minimum absolute atomic E-state index is 0.140. The van der Waals surface area contributed by atoms with Crippen LogP contribution in [0.4, 0.5) is 4.79 Å². The first kappa shape index (κ1) is 43.5. The average molecular weight is 652 g/mol. The maximum atomic E-state index is 11.8. The predicted molar refractivity (Wildman–Crippen MR) is 173 cm³/mol. The Hall–Kier alpha value is -1.54. The summed E-state index contributed by atoms with van der Waals surface area (Å²) < 4.78 is 48.4. The van der Waals surface area contributed by atoms with Gasteiger partial charge in [0.25, 0.3) is 0 Å². The first-order valence-electron chi connectivity index (χ1n) is 17.0. The van der Waals surface area contributed by atoms with Crippen molar-refractivity contribution in [3.05, 3.63) is 0 Å². The first-order valence-corrected chi connectivity index (χ1v) is 17.0. The highest BCUT2D eigenvalue weighted by Gasteiger charge is 2.15. The summed E-state index contributed by atoms with van der Waals surface area (Å²) in [7, 11) is 0. The van der Waals surface area contributed by atoms with Crippen LogP contribution in [-0.2, 0) is 47.4 Å². The smallest absolute Gasteiger partial charge is 0.407 e. The highest BCUT2D eigenvalue weighted by molar-refractivity contribution is 5.69. The van der Waals surface area contributed by atoms with Crippen LogP contribution in [-0.4, -0.2) is 123 Å². The summed E-state index contributed by atoms with van der Waals surface area (Å²) in [6, 6.07) is 0. The van der Waals surface area contributed by atoms with Crippen molar-refractivity contribution < 1.29 is 52.2 Å². The van der Waals surface area contributed by atoms with Crippen LogP contribution in [0.15, 0.2) is 0 Å². The second kappa shape index (κ2) is 33.8. The van der Waals surface area contributed by atoms with Gasteiger partial charge in [0.2, 0.25) is 0 Å². The third-order valence-corrected chi connectivity index (χ3v) is 6.12. The number of carbonyl (C=O) groups is 2. The molecule has 0 spiro atoms. The van der Waals surface area contributed by atoms with E-state index in [1.807, 2.05) is 20.8 Å². The molecule has 0 aromatic carbocycles. The Morgan fingerprint density at radius 3 is 1.24 bits per heavy atom. The van der Waals surface area contributed by atoms with Crippen LogP contribution in [0, 0.1) is 0 Å². The topological polar surface area (TPSA) is 129 Å². The zero-order valence-electron chi connectivity index (χ0n) is 28.9. The number of rotatable bonds is 34. The number of nitrogens with one attached hydrogen (secondary N) is 1. The Balaban J connectivity index is 3.17. The quantitative estimate of drug-likeness (QED) is 0.0738. The van der Waals surface area contributed by atoms with Crippen molar-refractivity contribution in [1.29, 1.82) is 0 Å². The van der Waals surface area contributed by atoms with E-state index in [2.05, 4.69) is 12.2 Å². The van der Waals surface area contributed by atoms with Crippen LogP contribution in [0.2, 0.25) is 0 Å². The Morgan fingerprint density at radius 1 is 0.489 bits per heavy atom. The van der Waals surface area contributed by atoms with Crippen molar-refractivity contribution in [2.45, 2.75) is 97.5 Å². The molecule has 0 atom stereocenters.